The minimum absolute atomic E-state index is 0.305. The summed E-state index contributed by atoms with van der Waals surface area (Å²) in [6, 6.07) is 9.16. The van der Waals surface area contributed by atoms with Crippen molar-refractivity contribution in [3.8, 4) is 0 Å². The molecule has 1 saturated carbocycles. The maximum Gasteiger partial charge on any atom is 0.134 e. The highest BCUT2D eigenvalue weighted by Gasteiger charge is 2.41. The summed E-state index contributed by atoms with van der Waals surface area (Å²) in [6.45, 7) is 1.43. The van der Waals surface area contributed by atoms with E-state index in [0.29, 0.717) is 24.5 Å². The van der Waals surface area contributed by atoms with E-state index in [1.807, 2.05) is 6.20 Å². The number of hydrogen-bond donors (Lipinski definition) is 2. The SMILES string of the molecule is O=CCN1CCc2[nH]ncc2C1CC1CC1Nc1ccc(Br)cc1. The van der Waals surface area contributed by atoms with Gasteiger partial charge in [-0.2, -0.15) is 5.10 Å². The quantitative estimate of drug-likeness (QED) is 0.746. The van der Waals surface area contributed by atoms with Gasteiger partial charge in [0, 0.05) is 46.5 Å². The zero-order valence-electron chi connectivity index (χ0n) is 13.4. The molecule has 2 aliphatic rings. The number of carbonyl (C=O) groups is 1. The Morgan fingerprint density at radius 2 is 2.21 bits per heavy atom. The van der Waals surface area contributed by atoms with Gasteiger partial charge in [-0.05, 0) is 43.0 Å². The molecule has 4 rings (SSSR count). The lowest BCUT2D eigenvalue weighted by molar-refractivity contribution is -0.109. The molecule has 126 valence electrons. The zero-order valence-corrected chi connectivity index (χ0v) is 15.0. The monoisotopic (exact) mass is 388 g/mol. The Balaban J connectivity index is 1.41. The minimum atomic E-state index is 0.305. The summed E-state index contributed by atoms with van der Waals surface area (Å²) >= 11 is 3.47. The molecule has 0 spiro atoms. The lowest BCUT2D eigenvalue weighted by Gasteiger charge is -2.34. The van der Waals surface area contributed by atoms with Crippen LogP contribution in [0, 0.1) is 5.92 Å². The highest BCUT2D eigenvalue weighted by atomic mass is 79.9. The molecule has 0 bridgehead atoms. The number of anilines is 1. The van der Waals surface area contributed by atoms with Crippen LogP contribution < -0.4 is 5.32 Å². The van der Waals surface area contributed by atoms with Crippen molar-refractivity contribution >= 4 is 27.9 Å². The van der Waals surface area contributed by atoms with Crippen LogP contribution in [0.5, 0.6) is 0 Å². The molecule has 5 nitrogen and oxygen atoms in total. The first-order valence-corrected chi connectivity index (χ1v) is 9.26. The summed E-state index contributed by atoms with van der Waals surface area (Å²) in [5.41, 5.74) is 3.68. The predicted molar refractivity (Wildman–Crippen MR) is 96.9 cm³/mol. The lowest BCUT2D eigenvalue weighted by atomic mass is 9.94. The Kier molecular flexibility index (Phi) is 4.41. The molecule has 1 aromatic carbocycles. The fourth-order valence-electron chi connectivity index (χ4n) is 3.74. The van der Waals surface area contributed by atoms with E-state index in [-0.39, 0.29) is 0 Å². The van der Waals surface area contributed by atoms with Crippen LogP contribution in [-0.2, 0) is 11.2 Å². The second-order valence-electron chi connectivity index (χ2n) is 6.72. The van der Waals surface area contributed by atoms with Crippen LogP contribution in [0.2, 0.25) is 0 Å². The van der Waals surface area contributed by atoms with Crippen LogP contribution in [0.25, 0.3) is 0 Å². The second kappa shape index (κ2) is 6.69. The largest absolute Gasteiger partial charge is 0.382 e. The average Bonchev–Trinajstić information content (AvgIpc) is 3.12. The normalized spacial score (nSPS) is 26.0. The maximum absolute atomic E-state index is 11.0. The van der Waals surface area contributed by atoms with Crippen molar-refractivity contribution in [3.05, 3.63) is 46.2 Å². The van der Waals surface area contributed by atoms with Crippen LogP contribution in [0.1, 0.15) is 30.1 Å². The Labute approximate surface area is 149 Å². The molecular weight excluding hydrogens is 368 g/mol. The highest BCUT2D eigenvalue weighted by Crippen LogP contribution is 2.43. The molecule has 0 radical (unpaired) electrons. The van der Waals surface area contributed by atoms with Crippen molar-refractivity contribution in [2.45, 2.75) is 31.3 Å². The van der Waals surface area contributed by atoms with E-state index < -0.39 is 0 Å². The summed E-state index contributed by atoms with van der Waals surface area (Å²) < 4.78 is 1.10. The molecule has 2 aromatic rings. The molecule has 3 unspecified atom stereocenters. The average molecular weight is 389 g/mol. The summed E-state index contributed by atoms with van der Waals surface area (Å²) in [7, 11) is 0. The molecular formula is C18H21BrN4O. The van der Waals surface area contributed by atoms with Gasteiger partial charge in [-0.25, -0.2) is 0 Å². The van der Waals surface area contributed by atoms with Crippen molar-refractivity contribution < 1.29 is 4.79 Å². The van der Waals surface area contributed by atoms with Gasteiger partial charge in [0.2, 0.25) is 0 Å². The standard InChI is InChI=1S/C18H21BrN4O/c19-13-1-3-14(4-2-13)21-17-9-12(17)10-18-15-11-20-22-16(15)5-6-23(18)7-8-24/h1-4,8,11-12,17-18,21H,5-7,9-10H2,(H,20,22). The third-order valence-corrected chi connectivity index (χ3v) is 5.68. The van der Waals surface area contributed by atoms with Gasteiger partial charge >= 0.3 is 0 Å². The summed E-state index contributed by atoms with van der Waals surface area (Å²) in [5.74, 6) is 0.647. The molecule has 2 heterocycles. The number of aromatic amines is 1. The van der Waals surface area contributed by atoms with E-state index in [1.54, 1.807) is 0 Å². The van der Waals surface area contributed by atoms with E-state index >= 15 is 0 Å². The summed E-state index contributed by atoms with van der Waals surface area (Å²) in [4.78, 5) is 13.3. The number of fused-ring (bicyclic) bond motifs is 1. The van der Waals surface area contributed by atoms with Gasteiger partial charge in [-0.15, -0.1) is 0 Å². The molecule has 1 aliphatic carbocycles. The van der Waals surface area contributed by atoms with E-state index in [2.05, 4.69) is 60.6 Å². The van der Waals surface area contributed by atoms with E-state index in [4.69, 9.17) is 0 Å². The Bertz CT molecular complexity index is 714. The van der Waals surface area contributed by atoms with Gasteiger partial charge in [0.05, 0.1) is 12.7 Å². The Hall–Kier alpha value is -1.66. The number of hydrogen-bond acceptors (Lipinski definition) is 4. The van der Waals surface area contributed by atoms with Crippen molar-refractivity contribution in [2.75, 3.05) is 18.4 Å². The second-order valence-corrected chi connectivity index (χ2v) is 7.64. The molecule has 0 amide bonds. The molecule has 2 N–H and O–H groups in total. The third kappa shape index (κ3) is 3.26. The molecule has 0 saturated heterocycles. The molecule has 1 aliphatic heterocycles. The fraction of sp³-hybridized carbons (Fsp3) is 0.444. The van der Waals surface area contributed by atoms with E-state index in [0.717, 1.165) is 30.1 Å². The highest BCUT2D eigenvalue weighted by molar-refractivity contribution is 9.10. The Morgan fingerprint density at radius 3 is 3.00 bits per heavy atom. The van der Waals surface area contributed by atoms with Crippen LogP contribution >= 0.6 is 15.9 Å². The van der Waals surface area contributed by atoms with Crippen molar-refractivity contribution in [2.24, 2.45) is 5.92 Å². The van der Waals surface area contributed by atoms with Gasteiger partial charge in [0.15, 0.2) is 0 Å². The third-order valence-electron chi connectivity index (χ3n) is 5.15. The number of nitrogens with one attached hydrogen (secondary N) is 2. The fourth-order valence-corrected chi connectivity index (χ4v) is 4.00. The van der Waals surface area contributed by atoms with Gasteiger partial charge in [-0.3, -0.25) is 10.00 Å². The van der Waals surface area contributed by atoms with Crippen molar-refractivity contribution in [1.29, 1.82) is 0 Å². The van der Waals surface area contributed by atoms with Crippen molar-refractivity contribution in [1.82, 2.24) is 15.1 Å². The number of halogens is 1. The molecule has 1 fully saturated rings. The molecule has 24 heavy (non-hydrogen) atoms. The minimum Gasteiger partial charge on any atom is -0.382 e. The number of nitrogens with zero attached hydrogens (tertiary/aromatic N) is 2. The predicted octanol–water partition coefficient (Wildman–Crippen LogP) is 3.16. The first-order chi connectivity index (χ1) is 11.7. The topological polar surface area (TPSA) is 61.0 Å². The first-order valence-electron chi connectivity index (χ1n) is 8.46. The van der Waals surface area contributed by atoms with Crippen LogP contribution in [0.3, 0.4) is 0 Å². The molecule has 1 aromatic heterocycles. The van der Waals surface area contributed by atoms with Crippen molar-refractivity contribution in [3.63, 3.8) is 0 Å². The summed E-state index contributed by atoms with van der Waals surface area (Å²) in [6.07, 6.45) is 6.17. The van der Waals surface area contributed by atoms with Gasteiger partial charge in [0.1, 0.15) is 6.29 Å². The molecule has 3 atom stereocenters. The first kappa shape index (κ1) is 15.8. The Morgan fingerprint density at radius 1 is 1.38 bits per heavy atom. The van der Waals surface area contributed by atoms with Crippen LogP contribution in [0.15, 0.2) is 34.9 Å². The van der Waals surface area contributed by atoms with Crippen LogP contribution in [-0.4, -0.2) is 40.5 Å². The molecule has 6 heteroatoms. The maximum atomic E-state index is 11.0. The van der Waals surface area contributed by atoms with Gasteiger partial charge in [0.25, 0.3) is 0 Å². The number of aromatic nitrogens is 2. The van der Waals surface area contributed by atoms with Gasteiger partial charge < -0.3 is 10.1 Å². The number of benzene rings is 1. The zero-order chi connectivity index (χ0) is 16.5. The van der Waals surface area contributed by atoms with E-state index in [9.17, 15) is 4.79 Å². The number of rotatable bonds is 6. The van der Waals surface area contributed by atoms with E-state index in [1.165, 1.54) is 23.4 Å². The smallest absolute Gasteiger partial charge is 0.134 e. The number of aldehydes is 1. The number of H-pyrrole nitrogens is 1. The summed E-state index contributed by atoms with van der Waals surface area (Å²) in [5, 5.41) is 10.9. The lowest BCUT2D eigenvalue weighted by Crippen LogP contribution is -2.37. The van der Waals surface area contributed by atoms with Crippen LogP contribution in [0.4, 0.5) is 5.69 Å². The number of carbonyl (C=O) groups excluding carboxylic acids is 1. The van der Waals surface area contributed by atoms with Gasteiger partial charge in [-0.1, -0.05) is 15.9 Å².